The summed E-state index contributed by atoms with van der Waals surface area (Å²) < 4.78 is 22.6. The van der Waals surface area contributed by atoms with Gasteiger partial charge >= 0.3 is 0 Å². The number of rotatable bonds is 4. The highest BCUT2D eigenvalue weighted by Crippen LogP contribution is 2.48. The number of aliphatic hydroxyl groups excluding tert-OH is 1. The van der Waals surface area contributed by atoms with Crippen LogP contribution in [0.4, 0.5) is 10.2 Å². The first kappa shape index (κ1) is 18.5. The first-order valence-electron chi connectivity index (χ1n) is 9.48. The quantitative estimate of drug-likeness (QED) is 0.745. The van der Waals surface area contributed by atoms with Crippen molar-refractivity contribution in [3.05, 3.63) is 12.7 Å². The van der Waals surface area contributed by atoms with E-state index >= 15 is 4.39 Å². The number of fused-ring (bicyclic) bond motifs is 1. The Morgan fingerprint density at radius 2 is 2.00 bits per heavy atom. The van der Waals surface area contributed by atoms with Crippen LogP contribution in [0.3, 0.4) is 0 Å². The second kappa shape index (κ2) is 6.65. The molecule has 2 aliphatic rings. The van der Waals surface area contributed by atoms with E-state index in [1.54, 1.807) is 0 Å². The van der Waals surface area contributed by atoms with Gasteiger partial charge in [0.25, 0.3) is 0 Å². The van der Waals surface area contributed by atoms with Crippen LogP contribution in [0.5, 0.6) is 0 Å². The summed E-state index contributed by atoms with van der Waals surface area (Å²) in [6, 6.07) is 0.343. The van der Waals surface area contributed by atoms with Crippen LogP contribution in [0.2, 0.25) is 0 Å². The van der Waals surface area contributed by atoms with Gasteiger partial charge in [-0.15, -0.1) is 0 Å². The fraction of sp³-hybridized carbons (Fsp3) is 0.722. The molecule has 2 aromatic heterocycles. The number of nitrogens with one attached hydrogen (secondary N) is 1. The van der Waals surface area contributed by atoms with Crippen LogP contribution in [-0.4, -0.2) is 59.8 Å². The van der Waals surface area contributed by atoms with Gasteiger partial charge < -0.3 is 20.3 Å². The van der Waals surface area contributed by atoms with Gasteiger partial charge in [-0.2, -0.15) is 0 Å². The second-order valence-corrected chi connectivity index (χ2v) is 7.91. The Bertz CT molecular complexity index is 818. The zero-order chi connectivity index (χ0) is 19.2. The Kier molecular flexibility index (Phi) is 4.56. The number of aliphatic hydroxyl groups is 2. The number of alkyl halides is 1. The minimum atomic E-state index is -2.14. The molecule has 1 saturated carbocycles. The van der Waals surface area contributed by atoms with Crippen molar-refractivity contribution in [1.29, 1.82) is 0 Å². The molecule has 0 bridgehead atoms. The lowest BCUT2D eigenvalue weighted by atomic mass is 9.85. The van der Waals surface area contributed by atoms with Crippen molar-refractivity contribution >= 4 is 17.0 Å². The molecule has 9 heteroatoms. The largest absolute Gasteiger partial charge is 0.394 e. The van der Waals surface area contributed by atoms with Crippen LogP contribution in [0.15, 0.2) is 12.7 Å². The maximum Gasteiger partial charge on any atom is 0.183 e. The van der Waals surface area contributed by atoms with E-state index in [1.807, 2.05) is 0 Å². The van der Waals surface area contributed by atoms with Gasteiger partial charge in [0.1, 0.15) is 18.0 Å². The third-order valence-electron chi connectivity index (χ3n) is 6.10. The minimum Gasteiger partial charge on any atom is -0.394 e. The van der Waals surface area contributed by atoms with Crippen molar-refractivity contribution in [1.82, 2.24) is 19.5 Å². The van der Waals surface area contributed by atoms with Crippen LogP contribution in [0.1, 0.15) is 52.2 Å². The highest BCUT2D eigenvalue weighted by Gasteiger charge is 2.63. The zero-order valence-corrected chi connectivity index (χ0v) is 15.6. The number of nitrogens with zero attached hydrogens (tertiary/aromatic N) is 4. The lowest BCUT2D eigenvalue weighted by Gasteiger charge is -2.32. The van der Waals surface area contributed by atoms with E-state index in [2.05, 4.69) is 20.3 Å². The van der Waals surface area contributed by atoms with E-state index in [9.17, 15) is 10.2 Å². The molecule has 0 radical (unpaired) electrons. The number of ether oxygens (including phenoxy) is 1. The van der Waals surface area contributed by atoms with Gasteiger partial charge in [-0.25, -0.2) is 19.3 Å². The van der Waals surface area contributed by atoms with Gasteiger partial charge in [-0.05, 0) is 26.7 Å². The molecule has 3 N–H and O–H groups in total. The highest BCUT2D eigenvalue weighted by molar-refractivity contribution is 5.82. The number of imidazole rings is 1. The maximum atomic E-state index is 15.5. The number of aromatic nitrogens is 4. The summed E-state index contributed by atoms with van der Waals surface area (Å²) in [7, 11) is 0. The van der Waals surface area contributed by atoms with E-state index in [1.165, 1.54) is 50.3 Å². The number of anilines is 1. The molecule has 0 amide bonds. The van der Waals surface area contributed by atoms with Crippen molar-refractivity contribution in [2.45, 2.75) is 75.6 Å². The van der Waals surface area contributed by atoms with Crippen molar-refractivity contribution in [2.24, 2.45) is 0 Å². The van der Waals surface area contributed by atoms with Crippen molar-refractivity contribution in [3.8, 4) is 0 Å². The fourth-order valence-corrected chi connectivity index (χ4v) is 4.10. The summed E-state index contributed by atoms with van der Waals surface area (Å²) in [5.74, 6) is 0.620. The molecule has 0 aromatic carbocycles. The van der Waals surface area contributed by atoms with Crippen molar-refractivity contribution in [3.63, 3.8) is 0 Å². The second-order valence-electron chi connectivity index (χ2n) is 7.91. The Hall–Kier alpha value is -1.84. The Balaban J connectivity index is 1.69. The lowest BCUT2D eigenvalue weighted by molar-refractivity contribution is -0.0891. The zero-order valence-electron chi connectivity index (χ0n) is 15.6. The third kappa shape index (κ3) is 2.88. The van der Waals surface area contributed by atoms with Crippen LogP contribution < -0.4 is 5.32 Å². The highest BCUT2D eigenvalue weighted by atomic mass is 19.1. The van der Waals surface area contributed by atoms with Gasteiger partial charge in [-0.3, -0.25) is 4.57 Å². The van der Waals surface area contributed by atoms with Gasteiger partial charge in [-0.1, -0.05) is 19.3 Å². The molecule has 0 unspecified atom stereocenters. The Morgan fingerprint density at radius 1 is 1.26 bits per heavy atom. The van der Waals surface area contributed by atoms with E-state index in [4.69, 9.17) is 4.74 Å². The first-order valence-corrected chi connectivity index (χ1v) is 9.48. The Morgan fingerprint density at radius 3 is 2.67 bits per heavy atom. The number of halogens is 1. The van der Waals surface area contributed by atoms with Gasteiger partial charge in [0.2, 0.25) is 0 Å². The molecule has 3 heterocycles. The van der Waals surface area contributed by atoms with Gasteiger partial charge in [0.05, 0.1) is 12.9 Å². The van der Waals surface area contributed by atoms with Crippen LogP contribution in [0, 0.1) is 0 Å². The monoisotopic (exact) mass is 379 g/mol. The summed E-state index contributed by atoms with van der Waals surface area (Å²) in [6.45, 7) is 2.11. The fourth-order valence-electron chi connectivity index (χ4n) is 4.10. The molecule has 1 aliphatic carbocycles. The molecule has 8 nitrogen and oxygen atoms in total. The van der Waals surface area contributed by atoms with E-state index in [0.717, 1.165) is 12.8 Å². The smallest absolute Gasteiger partial charge is 0.183 e. The molecule has 4 atom stereocenters. The standard InChI is InChI=1S/C18H26FN5O3/c1-17(19)16(27-12(8-25)18(17,2)26)24-10-22-13-14(20-9-21-15(13)24)23-11-6-4-3-5-7-11/h9-12,16,25-26H,3-8H2,1-2H3,(H,20,21,23)/t12-,16+,17+,18+/m1/s1. The average Bonchev–Trinajstić information content (AvgIpc) is 3.14. The summed E-state index contributed by atoms with van der Waals surface area (Å²) in [5, 5.41) is 23.5. The van der Waals surface area contributed by atoms with Crippen LogP contribution >= 0.6 is 0 Å². The molecule has 27 heavy (non-hydrogen) atoms. The molecule has 1 aliphatic heterocycles. The molecular formula is C18H26FN5O3. The van der Waals surface area contributed by atoms with Crippen LogP contribution in [-0.2, 0) is 4.74 Å². The molecule has 1 saturated heterocycles. The molecular weight excluding hydrogens is 353 g/mol. The SMILES string of the molecule is C[C@]1(O)[C@@H](CO)O[C@H](n2cnc3c(NC4CCCCC4)ncnc32)[C@]1(C)F. The third-order valence-corrected chi connectivity index (χ3v) is 6.10. The molecule has 148 valence electrons. The minimum absolute atomic E-state index is 0.343. The normalized spacial score (nSPS) is 35.0. The van der Waals surface area contributed by atoms with E-state index < -0.39 is 30.2 Å². The van der Waals surface area contributed by atoms with Gasteiger partial charge in [0, 0.05) is 6.04 Å². The number of hydrogen-bond donors (Lipinski definition) is 3. The molecule has 2 aromatic rings. The topological polar surface area (TPSA) is 105 Å². The summed E-state index contributed by atoms with van der Waals surface area (Å²) >= 11 is 0. The van der Waals surface area contributed by atoms with E-state index in [0.29, 0.717) is 23.0 Å². The van der Waals surface area contributed by atoms with E-state index in [-0.39, 0.29) is 0 Å². The predicted octanol–water partition coefficient (Wildman–Crippen LogP) is 1.94. The summed E-state index contributed by atoms with van der Waals surface area (Å²) in [6.07, 6.45) is 6.46. The molecule has 4 rings (SSSR count). The van der Waals surface area contributed by atoms with Crippen LogP contribution in [0.25, 0.3) is 11.2 Å². The average molecular weight is 379 g/mol. The van der Waals surface area contributed by atoms with Gasteiger partial charge in [0.15, 0.2) is 28.9 Å². The maximum absolute atomic E-state index is 15.5. The first-order chi connectivity index (χ1) is 12.9. The number of hydrogen-bond acceptors (Lipinski definition) is 7. The predicted molar refractivity (Wildman–Crippen MR) is 97.0 cm³/mol. The summed E-state index contributed by atoms with van der Waals surface area (Å²) in [4.78, 5) is 13.0. The lowest BCUT2D eigenvalue weighted by Crippen LogP contribution is -2.51. The Labute approximate surface area is 156 Å². The molecule has 0 spiro atoms. The van der Waals surface area contributed by atoms with Crippen molar-refractivity contribution in [2.75, 3.05) is 11.9 Å². The van der Waals surface area contributed by atoms with Crippen molar-refractivity contribution < 1.29 is 19.3 Å². The summed E-state index contributed by atoms with van der Waals surface area (Å²) in [5.41, 5.74) is -3.03. The molecule has 2 fully saturated rings.